The average molecular weight is 244 g/mol. The molecule has 2 aromatic heterocycles. The Labute approximate surface area is 107 Å². The van der Waals surface area contributed by atoms with Crippen LogP contribution in [-0.4, -0.2) is 14.5 Å². The zero-order valence-electron chi connectivity index (χ0n) is 11.1. The molecule has 2 aromatic rings. The van der Waals surface area contributed by atoms with Crippen LogP contribution >= 0.6 is 0 Å². The van der Waals surface area contributed by atoms with E-state index in [9.17, 15) is 0 Å². The molecule has 18 heavy (non-hydrogen) atoms. The summed E-state index contributed by atoms with van der Waals surface area (Å²) in [6.07, 6.45) is 6.74. The number of aryl methyl sites for hydroxylation is 2. The number of hydrogen-bond donors (Lipinski definition) is 1. The lowest BCUT2D eigenvalue weighted by Crippen LogP contribution is -2.01. The first-order valence-electron chi connectivity index (χ1n) is 6.81. The number of nitrogens with zero attached hydrogens (tertiary/aromatic N) is 3. The summed E-state index contributed by atoms with van der Waals surface area (Å²) in [4.78, 5) is 9.36. The highest BCUT2D eigenvalue weighted by Gasteiger charge is 2.27. The van der Waals surface area contributed by atoms with Gasteiger partial charge in [0.2, 0.25) is 0 Å². The molecule has 4 nitrogen and oxygen atoms in total. The van der Waals surface area contributed by atoms with E-state index in [1.54, 1.807) is 0 Å². The summed E-state index contributed by atoms with van der Waals surface area (Å²) >= 11 is 0. The standard InChI is InChI=1S/C14H20N4/c1-3-4-12-16-9(2)13-10(7-15)8-18(11-5-6-11)14(13)17-12/h8,11H,3-7,15H2,1-2H3. The van der Waals surface area contributed by atoms with E-state index < -0.39 is 0 Å². The topological polar surface area (TPSA) is 56.7 Å². The van der Waals surface area contributed by atoms with Crippen molar-refractivity contribution in [1.82, 2.24) is 14.5 Å². The molecule has 1 fully saturated rings. The minimum atomic E-state index is 0.563. The van der Waals surface area contributed by atoms with E-state index >= 15 is 0 Å². The van der Waals surface area contributed by atoms with Crippen molar-refractivity contribution in [3.8, 4) is 0 Å². The Morgan fingerprint density at radius 2 is 2.17 bits per heavy atom. The quantitative estimate of drug-likeness (QED) is 0.899. The van der Waals surface area contributed by atoms with Gasteiger partial charge in [0.1, 0.15) is 11.5 Å². The molecule has 2 N–H and O–H groups in total. The van der Waals surface area contributed by atoms with E-state index in [0.29, 0.717) is 12.6 Å². The summed E-state index contributed by atoms with van der Waals surface area (Å²) in [5.74, 6) is 0.964. The van der Waals surface area contributed by atoms with E-state index in [-0.39, 0.29) is 0 Å². The van der Waals surface area contributed by atoms with Gasteiger partial charge in [-0.15, -0.1) is 0 Å². The molecule has 0 bridgehead atoms. The van der Waals surface area contributed by atoms with Crippen molar-refractivity contribution in [2.24, 2.45) is 5.73 Å². The van der Waals surface area contributed by atoms with Crippen LogP contribution in [0.3, 0.4) is 0 Å². The Balaban J connectivity index is 2.22. The van der Waals surface area contributed by atoms with Gasteiger partial charge in [-0.3, -0.25) is 0 Å². The van der Waals surface area contributed by atoms with Crippen LogP contribution in [0.25, 0.3) is 11.0 Å². The molecule has 0 aliphatic heterocycles. The third-order valence-electron chi connectivity index (χ3n) is 3.61. The summed E-state index contributed by atoms with van der Waals surface area (Å²) < 4.78 is 2.31. The van der Waals surface area contributed by atoms with Crippen molar-refractivity contribution < 1.29 is 0 Å². The van der Waals surface area contributed by atoms with E-state index in [0.717, 1.165) is 30.0 Å². The zero-order chi connectivity index (χ0) is 12.7. The molecule has 1 aliphatic rings. The lowest BCUT2D eigenvalue weighted by atomic mass is 10.2. The molecule has 4 heteroatoms. The van der Waals surface area contributed by atoms with Crippen molar-refractivity contribution in [1.29, 1.82) is 0 Å². The Morgan fingerprint density at radius 3 is 2.78 bits per heavy atom. The van der Waals surface area contributed by atoms with Gasteiger partial charge in [0, 0.05) is 30.6 Å². The first-order chi connectivity index (χ1) is 8.74. The van der Waals surface area contributed by atoms with Crippen molar-refractivity contribution in [3.05, 3.63) is 23.3 Å². The van der Waals surface area contributed by atoms with Gasteiger partial charge in [0.05, 0.1) is 5.69 Å². The molecule has 1 aliphatic carbocycles. The minimum Gasteiger partial charge on any atom is -0.329 e. The summed E-state index contributed by atoms with van der Waals surface area (Å²) in [6.45, 7) is 4.79. The van der Waals surface area contributed by atoms with Gasteiger partial charge in [0.15, 0.2) is 0 Å². The average Bonchev–Trinajstić information content (AvgIpc) is 3.11. The van der Waals surface area contributed by atoms with E-state index in [4.69, 9.17) is 10.7 Å². The van der Waals surface area contributed by atoms with Gasteiger partial charge >= 0.3 is 0 Å². The molecule has 1 saturated carbocycles. The minimum absolute atomic E-state index is 0.563. The number of rotatable bonds is 4. The molecule has 0 atom stereocenters. The fourth-order valence-corrected chi connectivity index (χ4v) is 2.59. The molecule has 3 rings (SSSR count). The molecule has 0 radical (unpaired) electrons. The number of nitrogens with two attached hydrogens (primary N) is 1. The number of aromatic nitrogens is 3. The van der Waals surface area contributed by atoms with E-state index in [1.165, 1.54) is 23.8 Å². The second-order valence-electron chi connectivity index (χ2n) is 5.17. The fourth-order valence-electron chi connectivity index (χ4n) is 2.59. The molecule has 0 saturated heterocycles. The van der Waals surface area contributed by atoms with Gasteiger partial charge in [-0.2, -0.15) is 0 Å². The monoisotopic (exact) mass is 244 g/mol. The van der Waals surface area contributed by atoms with Crippen LogP contribution in [0.1, 0.15) is 49.3 Å². The highest BCUT2D eigenvalue weighted by atomic mass is 15.1. The largest absolute Gasteiger partial charge is 0.329 e. The van der Waals surface area contributed by atoms with Gasteiger partial charge in [0.25, 0.3) is 0 Å². The third kappa shape index (κ3) is 1.81. The number of hydrogen-bond acceptors (Lipinski definition) is 3. The van der Waals surface area contributed by atoms with Gasteiger partial charge in [-0.1, -0.05) is 6.92 Å². The molecule has 2 heterocycles. The van der Waals surface area contributed by atoms with Gasteiger partial charge in [-0.25, -0.2) is 9.97 Å². The fraction of sp³-hybridized carbons (Fsp3) is 0.571. The highest BCUT2D eigenvalue weighted by molar-refractivity contribution is 5.83. The van der Waals surface area contributed by atoms with Crippen LogP contribution < -0.4 is 5.73 Å². The lowest BCUT2D eigenvalue weighted by molar-refractivity contribution is 0.751. The molecular weight excluding hydrogens is 224 g/mol. The first kappa shape index (κ1) is 11.7. The van der Waals surface area contributed by atoms with E-state index in [1.807, 2.05) is 0 Å². The van der Waals surface area contributed by atoms with Crippen molar-refractivity contribution in [3.63, 3.8) is 0 Å². The summed E-state index contributed by atoms with van der Waals surface area (Å²) in [5, 5.41) is 1.17. The molecule has 0 aromatic carbocycles. The van der Waals surface area contributed by atoms with Crippen molar-refractivity contribution >= 4 is 11.0 Å². The normalized spacial score (nSPS) is 15.5. The second-order valence-corrected chi connectivity index (χ2v) is 5.17. The van der Waals surface area contributed by atoms with Crippen LogP contribution in [0.15, 0.2) is 6.20 Å². The van der Waals surface area contributed by atoms with Crippen LogP contribution in [0.2, 0.25) is 0 Å². The molecule has 96 valence electrons. The lowest BCUT2D eigenvalue weighted by Gasteiger charge is -2.05. The summed E-state index contributed by atoms with van der Waals surface area (Å²) in [5.41, 5.74) is 9.19. The number of fused-ring (bicyclic) bond motifs is 1. The maximum atomic E-state index is 5.85. The molecule has 0 amide bonds. The third-order valence-corrected chi connectivity index (χ3v) is 3.61. The smallest absolute Gasteiger partial charge is 0.144 e. The molecule has 0 spiro atoms. The zero-order valence-corrected chi connectivity index (χ0v) is 11.1. The maximum absolute atomic E-state index is 5.85. The summed E-state index contributed by atoms with van der Waals surface area (Å²) in [7, 11) is 0. The second kappa shape index (κ2) is 4.35. The van der Waals surface area contributed by atoms with E-state index in [2.05, 4.69) is 29.6 Å². The van der Waals surface area contributed by atoms with Crippen LogP contribution in [-0.2, 0) is 13.0 Å². The van der Waals surface area contributed by atoms with Crippen LogP contribution in [0, 0.1) is 6.92 Å². The Kier molecular flexibility index (Phi) is 2.82. The molecular formula is C14H20N4. The van der Waals surface area contributed by atoms with Crippen molar-refractivity contribution in [2.75, 3.05) is 0 Å². The van der Waals surface area contributed by atoms with Crippen LogP contribution in [0.4, 0.5) is 0 Å². The predicted octanol–water partition coefficient (Wildman–Crippen LogP) is 2.49. The maximum Gasteiger partial charge on any atom is 0.144 e. The Bertz CT molecular complexity index is 581. The summed E-state index contributed by atoms with van der Waals surface area (Å²) in [6, 6.07) is 0.636. The highest BCUT2D eigenvalue weighted by Crippen LogP contribution is 2.38. The van der Waals surface area contributed by atoms with Crippen molar-refractivity contribution in [2.45, 2.75) is 52.1 Å². The predicted molar refractivity (Wildman–Crippen MR) is 72.4 cm³/mol. The first-order valence-corrected chi connectivity index (χ1v) is 6.81. The Morgan fingerprint density at radius 1 is 1.39 bits per heavy atom. The molecule has 0 unspecified atom stereocenters. The Hall–Kier alpha value is -1.42. The van der Waals surface area contributed by atoms with Crippen LogP contribution in [0.5, 0.6) is 0 Å². The SMILES string of the molecule is CCCc1nc(C)c2c(CN)cn(C3CC3)c2n1. The van der Waals surface area contributed by atoms with Gasteiger partial charge in [-0.05, 0) is 31.7 Å². The van der Waals surface area contributed by atoms with Gasteiger partial charge < -0.3 is 10.3 Å².